The van der Waals surface area contributed by atoms with E-state index in [2.05, 4.69) is 15.5 Å². The highest BCUT2D eigenvalue weighted by atomic mass is 32.2. The highest BCUT2D eigenvalue weighted by molar-refractivity contribution is 7.92. The van der Waals surface area contributed by atoms with E-state index >= 15 is 0 Å². The van der Waals surface area contributed by atoms with Crippen molar-refractivity contribution in [2.24, 2.45) is 0 Å². The molecule has 0 spiro atoms. The van der Waals surface area contributed by atoms with Crippen LogP contribution in [0, 0.1) is 0 Å². The third-order valence-electron chi connectivity index (χ3n) is 4.51. The van der Waals surface area contributed by atoms with Crippen LogP contribution in [0.3, 0.4) is 0 Å². The zero-order valence-corrected chi connectivity index (χ0v) is 17.5. The maximum atomic E-state index is 12.4. The predicted molar refractivity (Wildman–Crippen MR) is 112 cm³/mol. The van der Waals surface area contributed by atoms with Crippen LogP contribution in [0.2, 0.25) is 0 Å². The van der Waals surface area contributed by atoms with Gasteiger partial charge in [0.2, 0.25) is 12.7 Å². The molecule has 31 heavy (non-hydrogen) atoms. The Labute approximate surface area is 178 Å². The average Bonchev–Trinajstić information content (AvgIpc) is 3.41. The summed E-state index contributed by atoms with van der Waals surface area (Å²) in [7, 11) is -3.44. The van der Waals surface area contributed by atoms with Gasteiger partial charge in [-0.05, 0) is 55.8 Å². The molecule has 4 rings (SSSR count). The van der Waals surface area contributed by atoms with Crippen molar-refractivity contribution in [3.8, 4) is 23.0 Å². The minimum Gasteiger partial charge on any atom is -0.454 e. The van der Waals surface area contributed by atoms with Crippen molar-refractivity contribution in [3.05, 3.63) is 54.1 Å². The zero-order chi connectivity index (χ0) is 22.0. The fourth-order valence-electron chi connectivity index (χ4n) is 2.80. The lowest BCUT2D eigenvalue weighted by Crippen LogP contribution is -2.13. The molecule has 10 heteroatoms. The normalized spacial score (nSPS) is 13.1. The van der Waals surface area contributed by atoms with Crippen LogP contribution >= 0.6 is 0 Å². The number of rotatable bonds is 6. The summed E-state index contributed by atoms with van der Waals surface area (Å²) in [5.74, 6) is 0.899. The van der Waals surface area contributed by atoms with E-state index < -0.39 is 21.0 Å². The van der Waals surface area contributed by atoms with E-state index in [0.717, 1.165) is 5.56 Å². The summed E-state index contributed by atoms with van der Waals surface area (Å²) < 4.78 is 40.8. The van der Waals surface area contributed by atoms with Crippen LogP contribution in [-0.4, -0.2) is 36.6 Å². The molecule has 0 saturated heterocycles. The molecule has 0 aliphatic carbocycles. The molecular formula is C21H19N3O6S. The number of aromatic nitrogens is 2. The van der Waals surface area contributed by atoms with Gasteiger partial charge in [-0.3, -0.25) is 10.1 Å². The number of fused-ring (bicyclic) bond motifs is 1. The number of sulfone groups is 1. The third-order valence-corrected chi connectivity index (χ3v) is 6.66. The Morgan fingerprint density at radius 1 is 1.10 bits per heavy atom. The number of amides is 1. The van der Waals surface area contributed by atoms with Crippen molar-refractivity contribution in [1.82, 2.24) is 10.2 Å². The molecule has 0 saturated carbocycles. The second-order valence-corrected chi connectivity index (χ2v) is 9.47. The lowest BCUT2D eigenvalue weighted by Gasteiger charge is -2.08. The van der Waals surface area contributed by atoms with E-state index in [1.165, 1.54) is 18.2 Å². The van der Waals surface area contributed by atoms with E-state index in [9.17, 15) is 13.2 Å². The maximum absolute atomic E-state index is 12.4. The van der Waals surface area contributed by atoms with Crippen LogP contribution in [0.4, 0.5) is 6.01 Å². The lowest BCUT2D eigenvalue weighted by molar-refractivity contribution is -0.112. The topological polar surface area (TPSA) is 121 Å². The number of carbonyl (C=O) groups is 1. The Morgan fingerprint density at radius 2 is 1.90 bits per heavy atom. The van der Waals surface area contributed by atoms with Gasteiger partial charge >= 0.3 is 6.01 Å². The van der Waals surface area contributed by atoms with Gasteiger partial charge in [0.25, 0.3) is 5.91 Å². The summed E-state index contributed by atoms with van der Waals surface area (Å²) in [5, 5.41) is 9.60. The molecule has 0 atom stereocenters. The molecular weight excluding hydrogens is 422 g/mol. The van der Waals surface area contributed by atoms with Gasteiger partial charge in [0.15, 0.2) is 21.3 Å². The van der Waals surface area contributed by atoms with Crippen molar-refractivity contribution in [3.63, 3.8) is 0 Å². The Bertz CT molecular complexity index is 1260. The van der Waals surface area contributed by atoms with E-state index in [4.69, 9.17) is 13.9 Å². The molecule has 0 radical (unpaired) electrons. The number of hydrogen-bond acceptors (Lipinski definition) is 8. The summed E-state index contributed by atoms with van der Waals surface area (Å²) in [4.78, 5) is 12.3. The first kappa shape index (κ1) is 20.6. The summed E-state index contributed by atoms with van der Waals surface area (Å²) in [6.45, 7) is 3.40. The predicted octanol–water partition coefficient (Wildman–Crippen LogP) is 3.30. The number of nitrogens with zero attached hydrogens (tertiary/aromatic N) is 2. The molecule has 2 aromatic carbocycles. The molecule has 1 aliphatic rings. The minimum absolute atomic E-state index is 0.0934. The monoisotopic (exact) mass is 441 g/mol. The number of nitrogens with one attached hydrogen (secondary N) is 1. The molecule has 160 valence electrons. The van der Waals surface area contributed by atoms with Crippen LogP contribution in [0.1, 0.15) is 19.4 Å². The van der Waals surface area contributed by atoms with E-state index in [1.54, 1.807) is 50.3 Å². The summed E-state index contributed by atoms with van der Waals surface area (Å²) >= 11 is 0. The number of ether oxygens (including phenoxy) is 2. The maximum Gasteiger partial charge on any atom is 0.322 e. The Hall–Kier alpha value is -3.66. The first-order valence-electron chi connectivity index (χ1n) is 9.39. The molecule has 3 aromatic rings. The van der Waals surface area contributed by atoms with Crippen LogP contribution in [0.15, 0.2) is 57.9 Å². The van der Waals surface area contributed by atoms with Gasteiger partial charge in [0.1, 0.15) is 0 Å². The molecule has 0 unspecified atom stereocenters. The van der Waals surface area contributed by atoms with Crippen molar-refractivity contribution < 1.29 is 27.1 Å². The average molecular weight is 441 g/mol. The summed E-state index contributed by atoms with van der Waals surface area (Å²) in [6, 6.07) is 11.4. The van der Waals surface area contributed by atoms with Gasteiger partial charge < -0.3 is 13.9 Å². The highest BCUT2D eigenvalue weighted by Crippen LogP contribution is 2.32. The van der Waals surface area contributed by atoms with Crippen LogP contribution in [-0.2, 0) is 14.6 Å². The van der Waals surface area contributed by atoms with E-state index in [0.29, 0.717) is 17.1 Å². The number of benzene rings is 2. The Morgan fingerprint density at radius 3 is 2.71 bits per heavy atom. The quantitative estimate of drug-likeness (QED) is 0.579. The van der Waals surface area contributed by atoms with Gasteiger partial charge in [0, 0.05) is 11.6 Å². The van der Waals surface area contributed by atoms with Crippen LogP contribution in [0.5, 0.6) is 11.5 Å². The fourth-order valence-corrected chi connectivity index (χ4v) is 3.91. The van der Waals surface area contributed by atoms with Crippen molar-refractivity contribution >= 4 is 27.8 Å². The standard InChI is InChI=1S/C21H19N3O6S/c1-13(2)31(26,27)16-5-3-4-15(11-16)20-23-24-21(30-20)22-19(25)9-7-14-6-8-17-18(10-14)29-12-28-17/h3-11,13H,12H2,1-2H3,(H,22,24,25)/b9-7+. The van der Waals surface area contributed by atoms with Crippen LogP contribution < -0.4 is 14.8 Å². The van der Waals surface area contributed by atoms with Gasteiger partial charge in [-0.25, -0.2) is 8.42 Å². The minimum atomic E-state index is -3.44. The lowest BCUT2D eigenvalue weighted by atomic mass is 10.2. The molecule has 9 nitrogen and oxygen atoms in total. The Kier molecular flexibility index (Phi) is 5.47. The van der Waals surface area contributed by atoms with Gasteiger partial charge in [0.05, 0.1) is 10.1 Å². The van der Waals surface area contributed by atoms with Gasteiger partial charge in [-0.2, -0.15) is 0 Å². The summed E-state index contributed by atoms with van der Waals surface area (Å²) in [5.41, 5.74) is 1.19. The first-order chi connectivity index (χ1) is 14.8. The molecule has 1 amide bonds. The summed E-state index contributed by atoms with van der Waals surface area (Å²) in [6.07, 6.45) is 2.92. The molecule has 1 aromatic heterocycles. The van der Waals surface area contributed by atoms with Gasteiger partial charge in [-0.15, -0.1) is 5.10 Å². The van der Waals surface area contributed by atoms with Crippen molar-refractivity contribution in [2.45, 2.75) is 24.0 Å². The Balaban J connectivity index is 1.45. The van der Waals surface area contributed by atoms with E-state index in [-0.39, 0.29) is 23.6 Å². The second kappa shape index (κ2) is 8.23. The molecule has 0 bridgehead atoms. The van der Waals surface area contributed by atoms with E-state index in [1.807, 2.05) is 0 Å². The molecule has 1 N–H and O–H groups in total. The zero-order valence-electron chi connectivity index (χ0n) is 16.7. The third kappa shape index (κ3) is 4.43. The van der Waals surface area contributed by atoms with Crippen LogP contribution in [0.25, 0.3) is 17.5 Å². The number of anilines is 1. The number of hydrogen-bond donors (Lipinski definition) is 1. The largest absolute Gasteiger partial charge is 0.454 e. The smallest absolute Gasteiger partial charge is 0.322 e. The highest BCUT2D eigenvalue weighted by Gasteiger charge is 2.20. The van der Waals surface area contributed by atoms with Gasteiger partial charge in [-0.1, -0.05) is 17.2 Å². The van der Waals surface area contributed by atoms with Crippen molar-refractivity contribution in [2.75, 3.05) is 12.1 Å². The molecule has 0 fully saturated rings. The first-order valence-corrected chi connectivity index (χ1v) is 10.9. The fraction of sp³-hybridized carbons (Fsp3) is 0.190. The SMILES string of the molecule is CC(C)S(=O)(=O)c1cccc(-c2nnc(NC(=O)/C=C/c3ccc4c(c3)OCO4)o2)c1. The molecule has 2 heterocycles. The van der Waals surface area contributed by atoms with Crippen molar-refractivity contribution in [1.29, 1.82) is 0 Å². The second-order valence-electron chi connectivity index (χ2n) is 6.97. The number of carbonyl (C=O) groups excluding carboxylic acids is 1. The molecule has 1 aliphatic heterocycles.